The predicted molar refractivity (Wildman–Crippen MR) is 145 cm³/mol. The van der Waals surface area contributed by atoms with Crippen LogP contribution >= 0.6 is 11.3 Å². The Morgan fingerprint density at radius 3 is 2.64 bits per heavy atom. The summed E-state index contributed by atoms with van der Waals surface area (Å²) in [7, 11) is 2.97. The Labute approximate surface area is 229 Å². The summed E-state index contributed by atoms with van der Waals surface area (Å²) in [6.45, 7) is 4.43. The molecule has 2 heterocycles. The van der Waals surface area contributed by atoms with Gasteiger partial charge in [-0.15, -0.1) is 11.3 Å². The monoisotopic (exact) mass is 559 g/mol. The van der Waals surface area contributed by atoms with Gasteiger partial charge in [0.1, 0.15) is 5.82 Å². The first-order chi connectivity index (χ1) is 18.9. The maximum absolute atomic E-state index is 14.0. The van der Waals surface area contributed by atoms with Crippen molar-refractivity contribution in [3.8, 4) is 23.0 Å². The molecule has 0 radical (unpaired) electrons. The largest absolute Gasteiger partial charge is 0.493 e. The lowest BCUT2D eigenvalue weighted by Gasteiger charge is -2.26. The molecule has 1 aliphatic rings. The van der Waals surface area contributed by atoms with E-state index in [1.807, 2.05) is 0 Å². The molecule has 1 aromatic heterocycles. The fourth-order valence-corrected chi connectivity index (χ4v) is 4.55. The number of thiazole rings is 1. The van der Waals surface area contributed by atoms with Gasteiger partial charge in [0.25, 0.3) is 0 Å². The number of rotatable bonds is 11. The molecule has 1 aliphatic heterocycles. The molecule has 0 unspecified atom stereocenters. The van der Waals surface area contributed by atoms with E-state index in [0.29, 0.717) is 42.7 Å². The van der Waals surface area contributed by atoms with Crippen LogP contribution in [0.4, 0.5) is 20.0 Å². The molecule has 1 saturated heterocycles. The molecule has 4 rings (SSSR count). The minimum Gasteiger partial charge on any atom is -0.493 e. The number of nitrogens with one attached hydrogen (secondary N) is 3. The second kappa shape index (κ2) is 13.7. The summed E-state index contributed by atoms with van der Waals surface area (Å²) in [5.74, 6) is 0.590. The Hall–Kier alpha value is -3.94. The molecule has 3 amide bonds. The first-order valence-electron chi connectivity index (χ1n) is 12.2. The van der Waals surface area contributed by atoms with Crippen molar-refractivity contribution in [1.82, 2.24) is 15.2 Å². The predicted octanol–water partition coefficient (Wildman–Crippen LogP) is 3.73. The van der Waals surface area contributed by atoms with Crippen molar-refractivity contribution >= 4 is 34.1 Å². The van der Waals surface area contributed by atoms with E-state index in [0.717, 1.165) is 25.7 Å². The number of anilines is 2. The van der Waals surface area contributed by atoms with E-state index >= 15 is 0 Å². The van der Waals surface area contributed by atoms with Crippen molar-refractivity contribution in [2.24, 2.45) is 0 Å². The molecule has 39 heavy (non-hydrogen) atoms. The lowest BCUT2D eigenvalue weighted by molar-refractivity contribution is -0.120. The van der Waals surface area contributed by atoms with Gasteiger partial charge in [-0.1, -0.05) is 6.07 Å². The van der Waals surface area contributed by atoms with E-state index in [9.17, 15) is 14.0 Å². The number of halogens is 1. The van der Waals surface area contributed by atoms with Crippen LogP contribution in [-0.4, -0.2) is 75.4 Å². The molecule has 13 heteroatoms. The van der Waals surface area contributed by atoms with E-state index in [-0.39, 0.29) is 28.9 Å². The molecule has 3 N–H and O–H groups in total. The topological polar surface area (TPSA) is 123 Å². The Morgan fingerprint density at radius 1 is 1.08 bits per heavy atom. The van der Waals surface area contributed by atoms with Crippen LogP contribution in [-0.2, 0) is 16.0 Å². The summed E-state index contributed by atoms with van der Waals surface area (Å²) in [6.07, 6.45) is 0.0904. The Morgan fingerprint density at radius 2 is 1.87 bits per heavy atom. The van der Waals surface area contributed by atoms with Crippen LogP contribution < -0.4 is 30.2 Å². The normalized spacial score (nSPS) is 13.4. The second-order valence-corrected chi connectivity index (χ2v) is 9.30. The van der Waals surface area contributed by atoms with Crippen LogP contribution in [0.5, 0.6) is 23.0 Å². The van der Waals surface area contributed by atoms with Crippen molar-refractivity contribution < 1.29 is 32.9 Å². The third-order valence-electron chi connectivity index (χ3n) is 5.74. The quantitative estimate of drug-likeness (QED) is 0.325. The minimum absolute atomic E-state index is 0.0904. The van der Waals surface area contributed by atoms with E-state index in [4.69, 9.17) is 18.9 Å². The summed E-state index contributed by atoms with van der Waals surface area (Å²) in [4.78, 5) is 31.5. The number of carbonyl (C=O) groups excluding carboxylic acids is 2. The van der Waals surface area contributed by atoms with Crippen molar-refractivity contribution in [3.63, 3.8) is 0 Å². The van der Waals surface area contributed by atoms with Crippen molar-refractivity contribution in [2.45, 2.75) is 6.42 Å². The van der Waals surface area contributed by atoms with Gasteiger partial charge in [-0.3, -0.25) is 15.0 Å². The highest BCUT2D eigenvalue weighted by atomic mass is 32.1. The first kappa shape index (κ1) is 28.1. The molecule has 0 bridgehead atoms. The van der Waals surface area contributed by atoms with E-state index < -0.39 is 11.8 Å². The Balaban J connectivity index is 1.32. The number of carbonyl (C=O) groups is 2. The number of urea groups is 1. The first-order valence-corrected chi connectivity index (χ1v) is 13.1. The lowest BCUT2D eigenvalue weighted by atomic mass is 10.2. The average Bonchev–Trinajstić information content (AvgIpc) is 3.36. The molecule has 3 aromatic rings. The number of morpholine rings is 1. The average molecular weight is 560 g/mol. The Kier molecular flexibility index (Phi) is 9.89. The van der Waals surface area contributed by atoms with Gasteiger partial charge >= 0.3 is 6.03 Å². The summed E-state index contributed by atoms with van der Waals surface area (Å²) in [5.41, 5.74) is 0.618. The zero-order valence-electron chi connectivity index (χ0n) is 21.6. The van der Waals surface area contributed by atoms with Crippen LogP contribution in [0.15, 0.2) is 41.8 Å². The number of hydrogen-bond donors (Lipinski definition) is 3. The van der Waals surface area contributed by atoms with Crippen LogP contribution in [0.25, 0.3) is 0 Å². The standard InChI is InChI=1S/C26H30FN5O6S/c1-35-21-4-3-5-22(24(21)36-2)38-20-7-6-17(27)14-19(20)30-25(34)31-26-29-18(16-39-26)15-23(33)28-8-9-32-10-12-37-13-11-32/h3-7,14,16H,8-13,15H2,1-2H3,(H,28,33)(H2,29,30,31,34). The number of hydrogen-bond acceptors (Lipinski definition) is 9. The van der Waals surface area contributed by atoms with Crippen molar-refractivity contribution in [2.75, 3.05) is 64.2 Å². The second-order valence-electron chi connectivity index (χ2n) is 8.44. The molecule has 1 fully saturated rings. The number of benzene rings is 2. The van der Waals surface area contributed by atoms with Gasteiger partial charge in [0, 0.05) is 37.6 Å². The molecule has 0 aliphatic carbocycles. The van der Waals surface area contributed by atoms with E-state index in [1.54, 1.807) is 23.6 Å². The number of amides is 3. The van der Waals surface area contributed by atoms with Gasteiger partial charge in [-0.2, -0.15) is 0 Å². The van der Waals surface area contributed by atoms with Crippen LogP contribution in [0, 0.1) is 5.82 Å². The lowest BCUT2D eigenvalue weighted by Crippen LogP contribution is -2.41. The maximum atomic E-state index is 14.0. The summed E-state index contributed by atoms with van der Waals surface area (Å²) in [5, 5.41) is 10.1. The fraction of sp³-hybridized carbons (Fsp3) is 0.346. The third-order valence-corrected chi connectivity index (χ3v) is 6.55. The molecular weight excluding hydrogens is 529 g/mol. The maximum Gasteiger partial charge on any atom is 0.325 e. The molecule has 2 aromatic carbocycles. The van der Waals surface area contributed by atoms with Crippen LogP contribution in [0.2, 0.25) is 0 Å². The highest BCUT2D eigenvalue weighted by Crippen LogP contribution is 2.41. The number of ether oxygens (including phenoxy) is 4. The highest BCUT2D eigenvalue weighted by Gasteiger charge is 2.17. The molecule has 208 valence electrons. The number of aromatic nitrogens is 1. The van der Waals surface area contributed by atoms with Crippen molar-refractivity contribution in [3.05, 3.63) is 53.3 Å². The van der Waals surface area contributed by atoms with Gasteiger partial charge in [0.05, 0.1) is 45.2 Å². The highest BCUT2D eigenvalue weighted by molar-refractivity contribution is 7.14. The van der Waals surface area contributed by atoms with Gasteiger partial charge in [-0.05, 0) is 24.3 Å². The van der Waals surface area contributed by atoms with E-state index in [1.165, 1.54) is 37.7 Å². The molecule has 0 spiro atoms. The molecular formula is C26H30FN5O6S. The zero-order chi connectivity index (χ0) is 27.6. The van der Waals surface area contributed by atoms with Crippen LogP contribution in [0.1, 0.15) is 5.69 Å². The van der Waals surface area contributed by atoms with E-state index in [2.05, 4.69) is 25.8 Å². The van der Waals surface area contributed by atoms with Crippen molar-refractivity contribution in [1.29, 1.82) is 0 Å². The fourth-order valence-electron chi connectivity index (χ4n) is 3.85. The summed E-state index contributed by atoms with van der Waals surface area (Å²) >= 11 is 1.18. The molecule has 0 saturated carbocycles. The number of methoxy groups -OCH3 is 2. The molecule has 0 atom stereocenters. The summed E-state index contributed by atoms with van der Waals surface area (Å²) < 4.78 is 35.9. The third kappa shape index (κ3) is 8.02. The summed E-state index contributed by atoms with van der Waals surface area (Å²) in [6, 6.07) is 8.16. The van der Waals surface area contributed by atoms with Gasteiger partial charge < -0.3 is 29.6 Å². The zero-order valence-corrected chi connectivity index (χ0v) is 22.4. The number of nitrogens with zero attached hydrogens (tertiary/aromatic N) is 2. The Bertz CT molecular complexity index is 1280. The van der Waals surface area contributed by atoms with Gasteiger partial charge in [-0.25, -0.2) is 14.2 Å². The van der Waals surface area contributed by atoms with Gasteiger partial charge in [0.15, 0.2) is 22.4 Å². The molecule has 11 nitrogen and oxygen atoms in total. The van der Waals surface area contributed by atoms with Crippen LogP contribution in [0.3, 0.4) is 0 Å². The number of para-hydroxylation sites is 1. The van der Waals surface area contributed by atoms with Gasteiger partial charge in [0.2, 0.25) is 11.7 Å². The smallest absolute Gasteiger partial charge is 0.325 e. The SMILES string of the molecule is COc1cccc(Oc2ccc(F)cc2NC(=O)Nc2nc(CC(=O)NCCN3CCOCC3)cs2)c1OC. The minimum atomic E-state index is -0.654.